The fraction of sp³-hybridized carbons (Fsp3) is 1.00. The second-order valence-electron chi connectivity index (χ2n) is 5.07. The Bertz CT molecular complexity index is 178. The molecule has 3 heteroatoms. The lowest BCUT2D eigenvalue weighted by Crippen LogP contribution is -2.56. The van der Waals surface area contributed by atoms with Crippen LogP contribution >= 0.6 is 0 Å². The molecule has 0 aromatic rings. The summed E-state index contributed by atoms with van der Waals surface area (Å²) in [4.78, 5) is 2.42. The molecule has 0 aromatic heterocycles. The molecule has 84 valence electrons. The molecule has 1 atom stereocenters. The average Bonchev–Trinajstić information content (AvgIpc) is 1.97. The Morgan fingerprint density at radius 2 is 2.14 bits per heavy atom. The van der Waals surface area contributed by atoms with E-state index in [0.717, 1.165) is 13.1 Å². The van der Waals surface area contributed by atoms with E-state index >= 15 is 0 Å². The summed E-state index contributed by atoms with van der Waals surface area (Å²) in [6, 6.07) is 0.588. The van der Waals surface area contributed by atoms with E-state index in [2.05, 4.69) is 32.6 Å². The van der Waals surface area contributed by atoms with Crippen molar-refractivity contribution in [3.8, 4) is 0 Å². The zero-order chi connectivity index (χ0) is 10.8. The zero-order valence-corrected chi connectivity index (χ0v) is 9.92. The van der Waals surface area contributed by atoms with Gasteiger partial charge in [-0.3, -0.25) is 4.90 Å². The molecule has 1 aliphatic heterocycles. The van der Waals surface area contributed by atoms with Crippen LogP contribution in [-0.4, -0.2) is 42.3 Å². The summed E-state index contributed by atoms with van der Waals surface area (Å²) in [6.07, 6.45) is 1.54. The van der Waals surface area contributed by atoms with E-state index in [1.807, 2.05) is 0 Å². The van der Waals surface area contributed by atoms with E-state index in [1.165, 1.54) is 13.0 Å². The molecule has 1 fully saturated rings. The standard InChI is InChI=1S/C11H24N2O/c1-9(2)14-11(3,4)8-13-6-5-10(13)7-12/h9-10H,5-8,12H2,1-4H3. The van der Waals surface area contributed by atoms with Gasteiger partial charge in [0, 0.05) is 25.7 Å². The lowest BCUT2D eigenvalue weighted by molar-refractivity contribution is -0.0907. The lowest BCUT2D eigenvalue weighted by Gasteiger charge is -2.44. The first-order chi connectivity index (χ1) is 6.44. The van der Waals surface area contributed by atoms with Crippen molar-refractivity contribution in [3.05, 3.63) is 0 Å². The maximum absolute atomic E-state index is 5.85. The third kappa shape index (κ3) is 3.23. The van der Waals surface area contributed by atoms with Gasteiger partial charge in [-0.2, -0.15) is 0 Å². The Kier molecular flexibility index (Phi) is 3.93. The summed E-state index contributed by atoms with van der Waals surface area (Å²) in [5, 5.41) is 0. The second-order valence-corrected chi connectivity index (χ2v) is 5.07. The third-order valence-corrected chi connectivity index (χ3v) is 2.68. The normalized spacial score (nSPS) is 24.0. The molecule has 0 bridgehead atoms. The van der Waals surface area contributed by atoms with Gasteiger partial charge in [-0.25, -0.2) is 0 Å². The van der Waals surface area contributed by atoms with Crippen molar-refractivity contribution in [2.24, 2.45) is 5.73 Å². The maximum Gasteiger partial charge on any atom is 0.0756 e. The Morgan fingerprint density at radius 3 is 2.50 bits per heavy atom. The van der Waals surface area contributed by atoms with E-state index in [4.69, 9.17) is 10.5 Å². The predicted molar refractivity (Wildman–Crippen MR) is 59.3 cm³/mol. The fourth-order valence-corrected chi connectivity index (χ4v) is 2.13. The van der Waals surface area contributed by atoms with Crippen molar-refractivity contribution >= 4 is 0 Å². The van der Waals surface area contributed by atoms with Crippen LogP contribution in [0, 0.1) is 0 Å². The van der Waals surface area contributed by atoms with Gasteiger partial charge >= 0.3 is 0 Å². The summed E-state index contributed by atoms with van der Waals surface area (Å²) in [5.74, 6) is 0. The molecule has 1 unspecified atom stereocenters. The molecule has 2 N–H and O–H groups in total. The van der Waals surface area contributed by atoms with Crippen molar-refractivity contribution < 1.29 is 4.74 Å². The molecular weight excluding hydrogens is 176 g/mol. The second kappa shape index (κ2) is 4.60. The molecule has 0 radical (unpaired) electrons. The van der Waals surface area contributed by atoms with Crippen LogP contribution in [0.2, 0.25) is 0 Å². The number of nitrogens with zero attached hydrogens (tertiary/aromatic N) is 1. The van der Waals surface area contributed by atoms with Crippen LogP contribution in [0.3, 0.4) is 0 Å². The summed E-state index contributed by atoms with van der Waals surface area (Å²) < 4.78 is 5.85. The summed E-state index contributed by atoms with van der Waals surface area (Å²) in [5.41, 5.74) is 5.61. The maximum atomic E-state index is 5.85. The van der Waals surface area contributed by atoms with Gasteiger partial charge in [0.05, 0.1) is 11.7 Å². The van der Waals surface area contributed by atoms with Crippen molar-refractivity contribution in [2.75, 3.05) is 19.6 Å². The molecule has 0 saturated carbocycles. The smallest absolute Gasteiger partial charge is 0.0756 e. The highest BCUT2D eigenvalue weighted by Crippen LogP contribution is 2.22. The van der Waals surface area contributed by atoms with Crippen molar-refractivity contribution in [2.45, 2.75) is 51.9 Å². The molecule has 0 aromatic carbocycles. The lowest BCUT2D eigenvalue weighted by atomic mass is 9.99. The highest BCUT2D eigenvalue weighted by Gasteiger charge is 2.32. The minimum atomic E-state index is -0.0536. The van der Waals surface area contributed by atoms with Crippen LogP contribution in [0.4, 0.5) is 0 Å². The van der Waals surface area contributed by atoms with Gasteiger partial charge in [-0.15, -0.1) is 0 Å². The summed E-state index contributed by atoms with van der Waals surface area (Å²) in [6.45, 7) is 11.4. The molecule has 14 heavy (non-hydrogen) atoms. The largest absolute Gasteiger partial charge is 0.372 e. The zero-order valence-electron chi connectivity index (χ0n) is 9.92. The van der Waals surface area contributed by atoms with Crippen LogP contribution in [0.5, 0.6) is 0 Å². The first kappa shape index (κ1) is 12.0. The molecule has 1 aliphatic rings. The van der Waals surface area contributed by atoms with Gasteiger partial charge in [-0.05, 0) is 34.1 Å². The van der Waals surface area contributed by atoms with Crippen molar-refractivity contribution in [1.29, 1.82) is 0 Å². The SMILES string of the molecule is CC(C)OC(C)(C)CN1CCC1CN. The van der Waals surface area contributed by atoms with Gasteiger partial charge in [0.1, 0.15) is 0 Å². The first-order valence-electron chi connectivity index (χ1n) is 5.56. The van der Waals surface area contributed by atoms with Crippen LogP contribution < -0.4 is 5.73 Å². The molecule has 1 heterocycles. The van der Waals surface area contributed by atoms with Crippen LogP contribution in [-0.2, 0) is 4.74 Å². The number of likely N-dealkylation sites (tertiary alicyclic amines) is 1. The third-order valence-electron chi connectivity index (χ3n) is 2.68. The number of hydrogen-bond acceptors (Lipinski definition) is 3. The Morgan fingerprint density at radius 1 is 1.50 bits per heavy atom. The molecule has 0 aliphatic carbocycles. The number of hydrogen-bond donors (Lipinski definition) is 1. The number of ether oxygens (including phenoxy) is 1. The van der Waals surface area contributed by atoms with Crippen molar-refractivity contribution in [1.82, 2.24) is 4.90 Å². The Balaban J connectivity index is 2.34. The molecule has 1 rings (SSSR count). The van der Waals surface area contributed by atoms with Gasteiger partial charge in [0.2, 0.25) is 0 Å². The first-order valence-corrected chi connectivity index (χ1v) is 5.56. The minimum Gasteiger partial charge on any atom is -0.372 e. The number of nitrogens with two attached hydrogens (primary N) is 1. The monoisotopic (exact) mass is 200 g/mol. The molecule has 0 amide bonds. The minimum absolute atomic E-state index is 0.0536. The molecular formula is C11H24N2O. The van der Waals surface area contributed by atoms with E-state index in [9.17, 15) is 0 Å². The van der Waals surface area contributed by atoms with E-state index < -0.39 is 0 Å². The van der Waals surface area contributed by atoms with Gasteiger partial charge in [0.15, 0.2) is 0 Å². The van der Waals surface area contributed by atoms with Crippen LogP contribution in [0.1, 0.15) is 34.1 Å². The van der Waals surface area contributed by atoms with Crippen LogP contribution in [0.25, 0.3) is 0 Å². The number of rotatable bonds is 5. The molecule has 0 spiro atoms. The highest BCUT2D eigenvalue weighted by molar-refractivity contribution is 4.88. The molecule has 3 nitrogen and oxygen atoms in total. The Hall–Kier alpha value is -0.120. The van der Waals surface area contributed by atoms with Crippen molar-refractivity contribution in [3.63, 3.8) is 0 Å². The van der Waals surface area contributed by atoms with E-state index in [-0.39, 0.29) is 5.60 Å². The average molecular weight is 200 g/mol. The summed E-state index contributed by atoms with van der Waals surface area (Å²) in [7, 11) is 0. The van der Waals surface area contributed by atoms with Gasteiger partial charge < -0.3 is 10.5 Å². The quantitative estimate of drug-likeness (QED) is 0.725. The van der Waals surface area contributed by atoms with E-state index in [0.29, 0.717) is 12.1 Å². The van der Waals surface area contributed by atoms with Crippen LogP contribution in [0.15, 0.2) is 0 Å². The summed E-state index contributed by atoms with van der Waals surface area (Å²) >= 11 is 0. The van der Waals surface area contributed by atoms with E-state index in [1.54, 1.807) is 0 Å². The topological polar surface area (TPSA) is 38.5 Å². The van der Waals surface area contributed by atoms with Gasteiger partial charge in [-0.1, -0.05) is 0 Å². The fourth-order valence-electron chi connectivity index (χ4n) is 2.13. The predicted octanol–water partition coefficient (Wildman–Crippen LogP) is 1.22. The van der Waals surface area contributed by atoms with Gasteiger partial charge in [0.25, 0.3) is 0 Å². The molecule has 1 saturated heterocycles. The Labute approximate surface area is 87.6 Å². The highest BCUT2D eigenvalue weighted by atomic mass is 16.5.